The normalized spacial score (nSPS) is 22.3. The summed E-state index contributed by atoms with van der Waals surface area (Å²) >= 11 is 1.90. The molecule has 1 rings (SSSR count). The average molecular weight is 243 g/mol. The Morgan fingerprint density at radius 2 is 2.38 bits per heavy atom. The summed E-state index contributed by atoms with van der Waals surface area (Å²) in [7, 11) is 1.89. The fraction of sp³-hybridized carbons (Fsp3) is 0.917. The third-order valence-corrected chi connectivity index (χ3v) is 3.67. The average Bonchev–Trinajstić information content (AvgIpc) is 2.29. The summed E-state index contributed by atoms with van der Waals surface area (Å²) in [6.07, 6.45) is 6.03. The summed E-state index contributed by atoms with van der Waals surface area (Å²) in [4.78, 5) is 6.76. The fourth-order valence-electron chi connectivity index (χ4n) is 2.13. The second-order valence-corrected chi connectivity index (χ2v) is 5.50. The third kappa shape index (κ3) is 4.64. The molecule has 0 saturated carbocycles. The first-order chi connectivity index (χ1) is 7.77. The molecule has 1 fully saturated rings. The van der Waals surface area contributed by atoms with Gasteiger partial charge in [-0.1, -0.05) is 6.92 Å². The van der Waals surface area contributed by atoms with Crippen LogP contribution in [0.2, 0.25) is 0 Å². The number of thioether (sulfide) groups is 1. The maximum atomic E-state index is 4.37. The minimum Gasteiger partial charge on any atom is -0.356 e. The van der Waals surface area contributed by atoms with E-state index in [4.69, 9.17) is 0 Å². The molecule has 3 nitrogen and oxygen atoms in total. The second-order valence-electron chi connectivity index (χ2n) is 4.51. The number of guanidine groups is 1. The van der Waals surface area contributed by atoms with Crippen molar-refractivity contribution in [2.45, 2.75) is 26.2 Å². The zero-order chi connectivity index (χ0) is 11.8. The first-order valence-corrected chi connectivity index (χ1v) is 7.62. The monoisotopic (exact) mass is 243 g/mol. The minimum atomic E-state index is 0.804. The van der Waals surface area contributed by atoms with Crippen LogP contribution in [0.25, 0.3) is 0 Å². The van der Waals surface area contributed by atoms with Gasteiger partial charge in [0.05, 0.1) is 0 Å². The number of rotatable bonds is 4. The van der Waals surface area contributed by atoms with Crippen LogP contribution in [-0.4, -0.2) is 49.6 Å². The molecular weight excluding hydrogens is 218 g/mol. The zero-order valence-corrected chi connectivity index (χ0v) is 11.6. The summed E-state index contributed by atoms with van der Waals surface area (Å²) in [5.74, 6) is 3.12. The van der Waals surface area contributed by atoms with E-state index in [-0.39, 0.29) is 0 Å². The van der Waals surface area contributed by atoms with Gasteiger partial charge in [-0.15, -0.1) is 0 Å². The van der Waals surface area contributed by atoms with Gasteiger partial charge < -0.3 is 10.2 Å². The molecule has 1 saturated heterocycles. The molecule has 16 heavy (non-hydrogen) atoms. The minimum absolute atomic E-state index is 0.804. The highest BCUT2D eigenvalue weighted by atomic mass is 32.2. The van der Waals surface area contributed by atoms with Crippen LogP contribution in [0.15, 0.2) is 4.99 Å². The highest BCUT2D eigenvalue weighted by Gasteiger charge is 2.18. The number of hydrogen-bond donors (Lipinski definition) is 1. The summed E-state index contributed by atoms with van der Waals surface area (Å²) < 4.78 is 0. The van der Waals surface area contributed by atoms with Crippen molar-refractivity contribution in [3.63, 3.8) is 0 Å². The van der Waals surface area contributed by atoms with Gasteiger partial charge in [-0.2, -0.15) is 11.8 Å². The van der Waals surface area contributed by atoms with E-state index in [2.05, 4.69) is 28.4 Å². The van der Waals surface area contributed by atoms with E-state index in [1.165, 1.54) is 25.0 Å². The highest BCUT2D eigenvalue weighted by Crippen LogP contribution is 2.15. The van der Waals surface area contributed by atoms with Crippen LogP contribution in [0.5, 0.6) is 0 Å². The van der Waals surface area contributed by atoms with E-state index in [9.17, 15) is 0 Å². The standard InChI is InChI=1S/C12H25N3S/c1-11-6-4-8-15(10-11)12(13-2)14-7-5-9-16-3/h11H,4-10H2,1-3H3,(H,13,14). The molecule has 1 unspecified atom stereocenters. The molecule has 1 heterocycles. The first kappa shape index (κ1) is 13.7. The second kappa shape index (κ2) is 7.82. The van der Waals surface area contributed by atoms with Crippen molar-refractivity contribution < 1.29 is 0 Å². The van der Waals surface area contributed by atoms with Crippen LogP contribution < -0.4 is 5.32 Å². The lowest BCUT2D eigenvalue weighted by atomic mass is 10.0. The Kier molecular flexibility index (Phi) is 6.69. The number of aliphatic imine (C=N–C) groups is 1. The topological polar surface area (TPSA) is 27.6 Å². The molecule has 1 N–H and O–H groups in total. The van der Waals surface area contributed by atoms with E-state index in [0.29, 0.717) is 0 Å². The molecule has 0 aromatic heterocycles. The molecule has 4 heteroatoms. The van der Waals surface area contributed by atoms with Gasteiger partial charge >= 0.3 is 0 Å². The lowest BCUT2D eigenvalue weighted by molar-refractivity contribution is 0.266. The maximum absolute atomic E-state index is 4.37. The molecule has 0 bridgehead atoms. The van der Waals surface area contributed by atoms with Crippen LogP contribution in [-0.2, 0) is 0 Å². The number of nitrogens with one attached hydrogen (secondary N) is 1. The van der Waals surface area contributed by atoms with Crippen LogP contribution in [0.1, 0.15) is 26.2 Å². The summed E-state index contributed by atoms with van der Waals surface area (Å²) in [6.45, 7) is 5.68. The molecule has 0 spiro atoms. The van der Waals surface area contributed by atoms with Crippen LogP contribution in [0.3, 0.4) is 0 Å². The Morgan fingerprint density at radius 3 is 3.00 bits per heavy atom. The van der Waals surface area contributed by atoms with E-state index in [1.807, 2.05) is 18.8 Å². The smallest absolute Gasteiger partial charge is 0.193 e. The predicted octanol–water partition coefficient (Wildman–Crippen LogP) is 2.05. The van der Waals surface area contributed by atoms with Gasteiger partial charge in [0.15, 0.2) is 5.96 Å². The number of hydrogen-bond acceptors (Lipinski definition) is 2. The summed E-state index contributed by atoms with van der Waals surface area (Å²) in [5.41, 5.74) is 0. The Hall–Kier alpha value is -0.380. The Bertz CT molecular complexity index is 218. The van der Waals surface area contributed by atoms with E-state index in [0.717, 1.165) is 31.5 Å². The predicted molar refractivity (Wildman–Crippen MR) is 74.3 cm³/mol. The number of likely N-dealkylation sites (tertiary alicyclic amines) is 1. The van der Waals surface area contributed by atoms with Gasteiger partial charge in [-0.3, -0.25) is 4.99 Å². The van der Waals surface area contributed by atoms with E-state index in [1.54, 1.807) is 0 Å². The van der Waals surface area contributed by atoms with Gasteiger partial charge in [0.2, 0.25) is 0 Å². The first-order valence-electron chi connectivity index (χ1n) is 6.22. The van der Waals surface area contributed by atoms with Crippen LogP contribution in [0.4, 0.5) is 0 Å². The Labute approximate surface area is 104 Å². The van der Waals surface area contributed by atoms with Crippen LogP contribution >= 0.6 is 11.8 Å². The molecule has 0 radical (unpaired) electrons. The van der Waals surface area contributed by atoms with Crippen molar-refractivity contribution in [2.75, 3.05) is 38.7 Å². The molecule has 1 aliphatic heterocycles. The molecule has 0 aromatic rings. The lowest BCUT2D eigenvalue weighted by Gasteiger charge is -2.33. The molecule has 1 atom stereocenters. The largest absolute Gasteiger partial charge is 0.356 e. The molecular formula is C12H25N3S. The fourth-order valence-corrected chi connectivity index (χ4v) is 2.56. The van der Waals surface area contributed by atoms with Gasteiger partial charge in [-0.25, -0.2) is 0 Å². The van der Waals surface area contributed by atoms with Gasteiger partial charge in [0.1, 0.15) is 0 Å². The van der Waals surface area contributed by atoms with Crippen molar-refractivity contribution in [1.29, 1.82) is 0 Å². The maximum Gasteiger partial charge on any atom is 0.193 e. The quantitative estimate of drug-likeness (QED) is 0.465. The Morgan fingerprint density at radius 1 is 1.56 bits per heavy atom. The number of nitrogens with zero attached hydrogens (tertiary/aromatic N) is 2. The van der Waals surface area contributed by atoms with Crippen molar-refractivity contribution in [3.05, 3.63) is 0 Å². The summed E-state index contributed by atoms with van der Waals surface area (Å²) in [5, 5.41) is 3.46. The lowest BCUT2D eigenvalue weighted by Crippen LogP contribution is -2.46. The van der Waals surface area contributed by atoms with Gasteiger partial charge in [-0.05, 0) is 37.2 Å². The van der Waals surface area contributed by atoms with Gasteiger partial charge in [0.25, 0.3) is 0 Å². The molecule has 94 valence electrons. The third-order valence-electron chi connectivity index (χ3n) is 2.98. The molecule has 0 aromatic carbocycles. The highest BCUT2D eigenvalue weighted by molar-refractivity contribution is 7.98. The van der Waals surface area contributed by atoms with E-state index >= 15 is 0 Å². The molecule has 0 amide bonds. The Balaban J connectivity index is 2.30. The number of piperidine rings is 1. The van der Waals surface area contributed by atoms with E-state index < -0.39 is 0 Å². The molecule has 0 aliphatic carbocycles. The van der Waals surface area contributed by atoms with Crippen molar-refractivity contribution in [2.24, 2.45) is 10.9 Å². The van der Waals surface area contributed by atoms with Crippen molar-refractivity contribution >= 4 is 17.7 Å². The van der Waals surface area contributed by atoms with Crippen molar-refractivity contribution in [1.82, 2.24) is 10.2 Å². The SMILES string of the molecule is CN=C(NCCCSC)N1CCCC(C)C1. The molecule has 1 aliphatic rings. The van der Waals surface area contributed by atoms with Gasteiger partial charge in [0, 0.05) is 26.7 Å². The van der Waals surface area contributed by atoms with Crippen LogP contribution in [0, 0.1) is 5.92 Å². The summed E-state index contributed by atoms with van der Waals surface area (Å²) in [6, 6.07) is 0. The van der Waals surface area contributed by atoms with Crippen molar-refractivity contribution in [3.8, 4) is 0 Å². The zero-order valence-electron chi connectivity index (χ0n) is 10.8.